The van der Waals surface area contributed by atoms with Crippen LogP contribution >= 0.6 is 0 Å². The van der Waals surface area contributed by atoms with Gasteiger partial charge in [0.1, 0.15) is 0 Å². The predicted octanol–water partition coefficient (Wildman–Crippen LogP) is 0.480. The van der Waals surface area contributed by atoms with Gasteiger partial charge in [-0.25, -0.2) is 0 Å². The molecule has 1 saturated carbocycles. The molecule has 3 nitrogen and oxygen atoms in total. The van der Waals surface area contributed by atoms with Crippen LogP contribution in [0.25, 0.3) is 0 Å². The summed E-state index contributed by atoms with van der Waals surface area (Å²) in [6, 6.07) is 0. The molecule has 2 rings (SSSR count). The summed E-state index contributed by atoms with van der Waals surface area (Å²) in [6.45, 7) is 4.89. The molecule has 0 amide bonds. The summed E-state index contributed by atoms with van der Waals surface area (Å²) >= 11 is 0. The SMILES string of the molecule is OC1CCCC1CN1CCOCC1. The number of hydrogen-bond acceptors (Lipinski definition) is 3. The molecule has 1 aliphatic heterocycles. The first-order valence-electron chi connectivity index (χ1n) is 5.34. The Morgan fingerprint density at radius 1 is 1.23 bits per heavy atom. The van der Waals surface area contributed by atoms with Gasteiger partial charge in [-0.15, -0.1) is 0 Å². The van der Waals surface area contributed by atoms with E-state index in [0.717, 1.165) is 39.3 Å². The molecule has 2 atom stereocenters. The first-order valence-corrected chi connectivity index (χ1v) is 5.34. The van der Waals surface area contributed by atoms with Crippen LogP contribution in [-0.2, 0) is 4.74 Å². The number of aliphatic hydroxyl groups is 1. The highest BCUT2D eigenvalue weighted by molar-refractivity contribution is 4.80. The fourth-order valence-corrected chi connectivity index (χ4v) is 2.35. The molecule has 1 N–H and O–H groups in total. The Kier molecular flexibility index (Phi) is 3.19. The van der Waals surface area contributed by atoms with Crippen LogP contribution in [-0.4, -0.2) is 49.0 Å². The van der Waals surface area contributed by atoms with Crippen molar-refractivity contribution in [2.75, 3.05) is 32.8 Å². The maximum Gasteiger partial charge on any atom is 0.0594 e. The van der Waals surface area contributed by atoms with Crippen LogP contribution < -0.4 is 0 Å². The molecule has 13 heavy (non-hydrogen) atoms. The molecule has 0 aromatic rings. The summed E-state index contributed by atoms with van der Waals surface area (Å²) in [6.07, 6.45) is 3.38. The molecule has 2 fully saturated rings. The van der Waals surface area contributed by atoms with Gasteiger partial charge in [0.25, 0.3) is 0 Å². The minimum Gasteiger partial charge on any atom is -0.393 e. The van der Waals surface area contributed by atoms with Gasteiger partial charge >= 0.3 is 0 Å². The van der Waals surface area contributed by atoms with Crippen LogP contribution in [0.2, 0.25) is 0 Å². The second-order valence-corrected chi connectivity index (χ2v) is 4.17. The van der Waals surface area contributed by atoms with Crippen molar-refractivity contribution in [3.05, 3.63) is 0 Å². The fraction of sp³-hybridized carbons (Fsp3) is 1.00. The molecular weight excluding hydrogens is 166 g/mol. The Morgan fingerprint density at radius 2 is 2.00 bits per heavy atom. The van der Waals surface area contributed by atoms with Gasteiger partial charge in [-0.3, -0.25) is 4.90 Å². The van der Waals surface area contributed by atoms with Crippen molar-refractivity contribution < 1.29 is 9.84 Å². The standard InChI is InChI=1S/C10H19NO2/c12-10-3-1-2-9(10)8-11-4-6-13-7-5-11/h9-10,12H,1-8H2. The van der Waals surface area contributed by atoms with Gasteiger partial charge in [0.15, 0.2) is 0 Å². The van der Waals surface area contributed by atoms with Gasteiger partial charge in [-0.2, -0.15) is 0 Å². The van der Waals surface area contributed by atoms with E-state index < -0.39 is 0 Å². The van der Waals surface area contributed by atoms with Crippen LogP contribution in [0.1, 0.15) is 19.3 Å². The molecule has 2 unspecified atom stereocenters. The first-order chi connectivity index (χ1) is 6.36. The van der Waals surface area contributed by atoms with Gasteiger partial charge in [0.2, 0.25) is 0 Å². The lowest BCUT2D eigenvalue weighted by atomic mass is 10.1. The predicted molar refractivity (Wildman–Crippen MR) is 50.6 cm³/mol. The molecule has 1 saturated heterocycles. The molecule has 0 spiro atoms. The van der Waals surface area contributed by atoms with Crippen LogP contribution in [0.5, 0.6) is 0 Å². The second kappa shape index (κ2) is 4.40. The molecule has 0 bridgehead atoms. The number of aliphatic hydroxyl groups excluding tert-OH is 1. The lowest BCUT2D eigenvalue weighted by Gasteiger charge is -2.29. The van der Waals surface area contributed by atoms with Crippen molar-refractivity contribution in [3.63, 3.8) is 0 Å². The van der Waals surface area contributed by atoms with Crippen LogP contribution in [0.4, 0.5) is 0 Å². The van der Waals surface area contributed by atoms with E-state index in [1.807, 2.05) is 0 Å². The molecule has 76 valence electrons. The van der Waals surface area contributed by atoms with Gasteiger partial charge in [0.05, 0.1) is 19.3 Å². The fourth-order valence-electron chi connectivity index (χ4n) is 2.35. The van der Waals surface area contributed by atoms with E-state index in [1.165, 1.54) is 12.8 Å². The van der Waals surface area contributed by atoms with E-state index in [4.69, 9.17) is 4.74 Å². The minimum atomic E-state index is -0.0390. The van der Waals surface area contributed by atoms with E-state index in [9.17, 15) is 5.11 Å². The van der Waals surface area contributed by atoms with Crippen molar-refractivity contribution in [2.45, 2.75) is 25.4 Å². The zero-order chi connectivity index (χ0) is 9.10. The quantitative estimate of drug-likeness (QED) is 0.679. The van der Waals surface area contributed by atoms with Crippen molar-refractivity contribution in [1.29, 1.82) is 0 Å². The summed E-state index contributed by atoms with van der Waals surface area (Å²) < 4.78 is 5.29. The highest BCUT2D eigenvalue weighted by Crippen LogP contribution is 2.26. The number of nitrogens with zero attached hydrogens (tertiary/aromatic N) is 1. The van der Waals surface area contributed by atoms with E-state index >= 15 is 0 Å². The summed E-state index contributed by atoms with van der Waals surface area (Å²) in [7, 11) is 0. The maximum atomic E-state index is 9.66. The summed E-state index contributed by atoms with van der Waals surface area (Å²) in [5.41, 5.74) is 0. The van der Waals surface area contributed by atoms with Crippen LogP contribution in [0.3, 0.4) is 0 Å². The van der Waals surface area contributed by atoms with Crippen LogP contribution in [0, 0.1) is 5.92 Å². The van der Waals surface area contributed by atoms with Crippen molar-refractivity contribution in [1.82, 2.24) is 4.90 Å². The van der Waals surface area contributed by atoms with Gasteiger partial charge in [0, 0.05) is 19.6 Å². The number of hydrogen-bond donors (Lipinski definition) is 1. The molecular formula is C10H19NO2. The highest BCUT2D eigenvalue weighted by atomic mass is 16.5. The zero-order valence-corrected chi connectivity index (χ0v) is 8.11. The summed E-state index contributed by atoms with van der Waals surface area (Å²) in [5, 5.41) is 9.66. The van der Waals surface area contributed by atoms with Crippen molar-refractivity contribution >= 4 is 0 Å². The Morgan fingerprint density at radius 3 is 2.62 bits per heavy atom. The van der Waals surface area contributed by atoms with E-state index in [-0.39, 0.29) is 6.10 Å². The molecule has 0 radical (unpaired) electrons. The number of rotatable bonds is 2. The molecule has 2 aliphatic rings. The third-order valence-corrected chi connectivity index (χ3v) is 3.22. The Labute approximate surface area is 79.7 Å². The number of morpholine rings is 1. The second-order valence-electron chi connectivity index (χ2n) is 4.17. The largest absolute Gasteiger partial charge is 0.393 e. The minimum absolute atomic E-state index is 0.0390. The lowest BCUT2D eigenvalue weighted by molar-refractivity contribution is 0.0183. The third kappa shape index (κ3) is 2.42. The first kappa shape index (κ1) is 9.44. The van der Waals surface area contributed by atoms with Gasteiger partial charge in [-0.1, -0.05) is 6.42 Å². The Hall–Kier alpha value is -0.120. The average molecular weight is 185 g/mol. The average Bonchev–Trinajstić information content (AvgIpc) is 2.54. The topological polar surface area (TPSA) is 32.7 Å². The van der Waals surface area contributed by atoms with E-state index in [0.29, 0.717) is 5.92 Å². The van der Waals surface area contributed by atoms with E-state index in [1.54, 1.807) is 0 Å². The van der Waals surface area contributed by atoms with E-state index in [2.05, 4.69) is 4.90 Å². The molecule has 1 heterocycles. The summed E-state index contributed by atoms with van der Waals surface area (Å²) in [4.78, 5) is 2.42. The molecule has 0 aromatic carbocycles. The highest BCUT2D eigenvalue weighted by Gasteiger charge is 2.27. The van der Waals surface area contributed by atoms with Gasteiger partial charge < -0.3 is 9.84 Å². The zero-order valence-electron chi connectivity index (χ0n) is 8.11. The normalized spacial score (nSPS) is 36.7. The molecule has 0 aromatic heterocycles. The van der Waals surface area contributed by atoms with Gasteiger partial charge in [-0.05, 0) is 18.8 Å². The van der Waals surface area contributed by atoms with Crippen molar-refractivity contribution in [2.24, 2.45) is 5.92 Å². The smallest absolute Gasteiger partial charge is 0.0594 e. The maximum absolute atomic E-state index is 9.66. The van der Waals surface area contributed by atoms with Crippen LogP contribution in [0.15, 0.2) is 0 Å². The Balaban J connectivity index is 1.75. The number of ether oxygens (including phenoxy) is 1. The Bertz CT molecular complexity index is 157. The lowest BCUT2D eigenvalue weighted by Crippen LogP contribution is -2.40. The monoisotopic (exact) mass is 185 g/mol. The third-order valence-electron chi connectivity index (χ3n) is 3.22. The van der Waals surface area contributed by atoms with Crippen molar-refractivity contribution in [3.8, 4) is 0 Å². The summed E-state index contributed by atoms with van der Waals surface area (Å²) in [5.74, 6) is 0.526. The molecule has 3 heteroatoms. The molecule has 1 aliphatic carbocycles.